The highest BCUT2D eigenvalue weighted by molar-refractivity contribution is 5.79. The molecule has 3 rings (SSSR count). The molecule has 2 aromatic rings. The maximum atomic E-state index is 12.1. The summed E-state index contributed by atoms with van der Waals surface area (Å²) in [5.74, 6) is 0.918. The van der Waals surface area contributed by atoms with Crippen molar-refractivity contribution in [1.82, 2.24) is 15.2 Å². The molecule has 1 aliphatic heterocycles. The highest BCUT2D eigenvalue weighted by atomic mass is 16.5. The summed E-state index contributed by atoms with van der Waals surface area (Å²) in [5, 5.41) is 2.75. The first-order valence-electron chi connectivity index (χ1n) is 8.00. The molecular formula is C18H19N3O4. The van der Waals surface area contributed by atoms with E-state index in [-0.39, 0.29) is 25.0 Å². The summed E-state index contributed by atoms with van der Waals surface area (Å²) in [7, 11) is 0. The number of fused-ring (bicyclic) bond motifs is 1. The number of hydrogen-bond donors (Lipinski definition) is 1. The van der Waals surface area contributed by atoms with Crippen molar-refractivity contribution in [2.45, 2.75) is 6.54 Å². The van der Waals surface area contributed by atoms with Gasteiger partial charge in [-0.05, 0) is 18.2 Å². The van der Waals surface area contributed by atoms with Gasteiger partial charge in [0.15, 0.2) is 13.2 Å². The van der Waals surface area contributed by atoms with E-state index in [9.17, 15) is 9.59 Å². The van der Waals surface area contributed by atoms with E-state index in [4.69, 9.17) is 9.47 Å². The van der Waals surface area contributed by atoms with Crippen LogP contribution in [0.15, 0.2) is 48.8 Å². The second kappa shape index (κ2) is 8.14. The number of para-hydroxylation sites is 1. The minimum absolute atomic E-state index is 0.00901. The molecule has 0 aliphatic carbocycles. The number of rotatable bonds is 6. The molecule has 0 radical (unpaired) electrons. The second-order valence-electron chi connectivity index (χ2n) is 5.54. The van der Waals surface area contributed by atoms with Crippen molar-refractivity contribution in [2.75, 3.05) is 26.3 Å². The van der Waals surface area contributed by atoms with Crippen LogP contribution in [0.25, 0.3) is 0 Å². The van der Waals surface area contributed by atoms with E-state index in [2.05, 4.69) is 10.3 Å². The SMILES string of the molecule is O=C(COc1cccnc1)NCCN1Cc2ccccc2OCC1=O. The molecule has 2 amide bonds. The van der Waals surface area contributed by atoms with E-state index in [1.807, 2.05) is 24.3 Å². The molecular weight excluding hydrogens is 322 g/mol. The van der Waals surface area contributed by atoms with Crippen LogP contribution in [0, 0.1) is 0 Å². The minimum Gasteiger partial charge on any atom is -0.483 e. The first-order valence-corrected chi connectivity index (χ1v) is 8.00. The predicted molar refractivity (Wildman–Crippen MR) is 90.1 cm³/mol. The third-order valence-corrected chi connectivity index (χ3v) is 3.75. The van der Waals surface area contributed by atoms with Gasteiger partial charge in [0.25, 0.3) is 11.8 Å². The number of amides is 2. The zero-order valence-corrected chi connectivity index (χ0v) is 13.7. The lowest BCUT2D eigenvalue weighted by atomic mass is 10.2. The van der Waals surface area contributed by atoms with E-state index >= 15 is 0 Å². The van der Waals surface area contributed by atoms with Crippen molar-refractivity contribution in [1.29, 1.82) is 0 Å². The molecule has 1 aliphatic rings. The van der Waals surface area contributed by atoms with Gasteiger partial charge in [-0.2, -0.15) is 0 Å². The van der Waals surface area contributed by atoms with Gasteiger partial charge in [0.1, 0.15) is 11.5 Å². The third-order valence-electron chi connectivity index (χ3n) is 3.75. The molecule has 130 valence electrons. The van der Waals surface area contributed by atoms with E-state index in [1.54, 1.807) is 29.4 Å². The van der Waals surface area contributed by atoms with Crippen LogP contribution in [0.5, 0.6) is 11.5 Å². The predicted octanol–water partition coefficient (Wildman–Crippen LogP) is 0.998. The molecule has 25 heavy (non-hydrogen) atoms. The Morgan fingerprint density at radius 2 is 2.16 bits per heavy atom. The van der Waals surface area contributed by atoms with E-state index in [0.29, 0.717) is 25.4 Å². The molecule has 0 bridgehead atoms. The molecule has 1 aromatic heterocycles. The summed E-state index contributed by atoms with van der Waals surface area (Å²) in [6, 6.07) is 11.0. The van der Waals surface area contributed by atoms with Gasteiger partial charge >= 0.3 is 0 Å². The zero-order valence-electron chi connectivity index (χ0n) is 13.7. The molecule has 7 nitrogen and oxygen atoms in total. The van der Waals surface area contributed by atoms with Crippen molar-refractivity contribution < 1.29 is 19.1 Å². The minimum atomic E-state index is -0.247. The Labute approximate surface area is 145 Å². The van der Waals surface area contributed by atoms with Crippen LogP contribution < -0.4 is 14.8 Å². The molecule has 1 N–H and O–H groups in total. The van der Waals surface area contributed by atoms with Gasteiger partial charge in [-0.25, -0.2) is 0 Å². The molecule has 0 fully saturated rings. The van der Waals surface area contributed by atoms with Crippen molar-refractivity contribution in [3.8, 4) is 11.5 Å². The fourth-order valence-electron chi connectivity index (χ4n) is 2.47. The van der Waals surface area contributed by atoms with Crippen molar-refractivity contribution in [3.63, 3.8) is 0 Å². The molecule has 0 unspecified atom stereocenters. The van der Waals surface area contributed by atoms with Gasteiger partial charge in [-0.1, -0.05) is 18.2 Å². The van der Waals surface area contributed by atoms with Crippen LogP contribution in [0.2, 0.25) is 0 Å². The van der Waals surface area contributed by atoms with Crippen LogP contribution in [0.4, 0.5) is 0 Å². The van der Waals surface area contributed by atoms with E-state index < -0.39 is 0 Å². The lowest BCUT2D eigenvalue weighted by Crippen LogP contribution is -2.40. The Morgan fingerprint density at radius 3 is 3.00 bits per heavy atom. The van der Waals surface area contributed by atoms with Gasteiger partial charge in [0.2, 0.25) is 0 Å². The van der Waals surface area contributed by atoms with Crippen molar-refractivity contribution in [3.05, 3.63) is 54.4 Å². The number of carbonyl (C=O) groups excluding carboxylic acids is 2. The molecule has 0 saturated carbocycles. The first kappa shape index (κ1) is 16.8. The Balaban J connectivity index is 1.45. The number of pyridine rings is 1. The Morgan fingerprint density at radius 1 is 1.28 bits per heavy atom. The summed E-state index contributed by atoms with van der Waals surface area (Å²) in [4.78, 5) is 29.5. The number of nitrogens with zero attached hydrogens (tertiary/aromatic N) is 2. The lowest BCUT2D eigenvalue weighted by molar-refractivity contribution is -0.133. The number of hydrogen-bond acceptors (Lipinski definition) is 5. The Bertz CT molecular complexity index is 736. The number of aromatic nitrogens is 1. The van der Waals surface area contributed by atoms with E-state index in [0.717, 1.165) is 11.3 Å². The number of nitrogens with one attached hydrogen (secondary N) is 1. The van der Waals surface area contributed by atoms with E-state index in [1.165, 1.54) is 0 Å². The Kier molecular flexibility index (Phi) is 5.46. The Hall–Kier alpha value is -3.09. The molecule has 0 atom stereocenters. The zero-order chi connectivity index (χ0) is 17.5. The topological polar surface area (TPSA) is 80.8 Å². The summed E-state index contributed by atoms with van der Waals surface area (Å²) in [5.41, 5.74) is 0.958. The highest BCUT2D eigenvalue weighted by Crippen LogP contribution is 2.22. The molecule has 7 heteroatoms. The molecule has 0 spiro atoms. The quantitative estimate of drug-likeness (QED) is 0.848. The summed E-state index contributed by atoms with van der Waals surface area (Å²) >= 11 is 0. The fraction of sp³-hybridized carbons (Fsp3) is 0.278. The first-order chi connectivity index (χ1) is 12.2. The molecule has 1 aromatic carbocycles. The standard InChI is InChI=1S/C18H19N3O4/c22-17(12-24-15-5-3-7-19-10-15)20-8-9-21-11-14-4-1-2-6-16(14)25-13-18(21)23/h1-7,10H,8-9,11-13H2,(H,20,22). The monoisotopic (exact) mass is 341 g/mol. The van der Waals surface area contributed by atoms with Gasteiger partial charge < -0.3 is 19.7 Å². The van der Waals surface area contributed by atoms with Crippen LogP contribution in [-0.2, 0) is 16.1 Å². The number of ether oxygens (including phenoxy) is 2. The van der Waals surface area contributed by atoms with Crippen LogP contribution in [0.3, 0.4) is 0 Å². The van der Waals surface area contributed by atoms with Gasteiger partial charge in [0.05, 0.1) is 6.20 Å². The van der Waals surface area contributed by atoms with Crippen molar-refractivity contribution >= 4 is 11.8 Å². The smallest absolute Gasteiger partial charge is 0.260 e. The summed E-state index contributed by atoms with van der Waals surface area (Å²) in [6.07, 6.45) is 3.17. The normalized spacial score (nSPS) is 13.4. The summed E-state index contributed by atoms with van der Waals surface area (Å²) in [6.45, 7) is 1.15. The summed E-state index contributed by atoms with van der Waals surface area (Å²) < 4.78 is 10.8. The lowest BCUT2D eigenvalue weighted by Gasteiger charge is -2.20. The molecule has 2 heterocycles. The fourth-order valence-corrected chi connectivity index (χ4v) is 2.47. The maximum absolute atomic E-state index is 12.1. The van der Waals surface area contributed by atoms with Gasteiger partial charge in [-0.3, -0.25) is 14.6 Å². The van der Waals surface area contributed by atoms with Gasteiger partial charge in [-0.15, -0.1) is 0 Å². The van der Waals surface area contributed by atoms with Gasteiger partial charge in [0, 0.05) is 31.4 Å². The number of carbonyl (C=O) groups is 2. The van der Waals surface area contributed by atoms with Crippen LogP contribution in [0.1, 0.15) is 5.56 Å². The van der Waals surface area contributed by atoms with Crippen molar-refractivity contribution in [2.24, 2.45) is 0 Å². The number of benzene rings is 1. The average molecular weight is 341 g/mol. The molecule has 0 saturated heterocycles. The maximum Gasteiger partial charge on any atom is 0.260 e. The highest BCUT2D eigenvalue weighted by Gasteiger charge is 2.20. The third kappa shape index (κ3) is 4.69. The van der Waals surface area contributed by atoms with Crippen LogP contribution in [-0.4, -0.2) is 48.0 Å². The second-order valence-corrected chi connectivity index (χ2v) is 5.54. The average Bonchev–Trinajstić information content (AvgIpc) is 2.80. The van der Waals surface area contributed by atoms with Crippen LogP contribution >= 0.6 is 0 Å². The largest absolute Gasteiger partial charge is 0.483 e.